The molecule has 1 fully saturated rings. The SMILES string of the molecule is COc1cc(N2CCN(C(=O)C(C)NC(=O)O)CC2C(C)(C)C)c(N)cc1Nc1ncc(Cl)c(-c2cnn3ccccc23)n1. The molecule has 13 nitrogen and oxygen atoms in total. The molecule has 232 valence electrons. The van der Waals surface area contributed by atoms with Gasteiger partial charge in [-0.2, -0.15) is 5.10 Å². The summed E-state index contributed by atoms with van der Waals surface area (Å²) in [5, 5.41) is 19.3. The predicted octanol–water partition coefficient (Wildman–Crippen LogP) is 4.50. The van der Waals surface area contributed by atoms with Crippen molar-refractivity contribution in [3.63, 3.8) is 0 Å². The number of hydrogen-bond donors (Lipinski definition) is 4. The molecule has 5 rings (SSSR count). The molecule has 4 heterocycles. The Labute approximate surface area is 260 Å². The van der Waals surface area contributed by atoms with Gasteiger partial charge in [0.2, 0.25) is 11.9 Å². The van der Waals surface area contributed by atoms with Crippen LogP contribution in [0.4, 0.5) is 27.8 Å². The van der Waals surface area contributed by atoms with Gasteiger partial charge in [-0.3, -0.25) is 4.79 Å². The van der Waals surface area contributed by atoms with Crippen LogP contribution in [0.25, 0.3) is 16.8 Å². The van der Waals surface area contributed by atoms with Crippen LogP contribution < -0.4 is 26.0 Å². The monoisotopic (exact) mass is 621 g/mol. The van der Waals surface area contributed by atoms with Crippen LogP contribution >= 0.6 is 11.6 Å². The average molecular weight is 622 g/mol. The molecule has 5 N–H and O–H groups in total. The second-order valence-electron chi connectivity index (χ2n) is 11.7. The maximum absolute atomic E-state index is 13.0. The molecule has 1 saturated heterocycles. The highest BCUT2D eigenvalue weighted by molar-refractivity contribution is 6.33. The smallest absolute Gasteiger partial charge is 0.405 e. The van der Waals surface area contributed by atoms with Crippen molar-refractivity contribution in [3.05, 3.63) is 53.9 Å². The van der Waals surface area contributed by atoms with Gasteiger partial charge < -0.3 is 36.0 Å². The fourth-order valence-corrected chi connectivity index (χ4v) is 5.68. The molecule has 1 aliphatic rings. The molecule has 1 aliphatic heterocycles. The molecule has 2 amide bonds. The number of nitrogens with one attached hydrogen (secondary N) is 2. The molecule has 0 radical (unpaired) electrons. The number of rotatable bonds is 7. The molecule has 0 aliphatic carbocycles. The van der Waals surface area contributed by atoms with Gasteiger partial charge in [-0.15, -0.1) is 0 Å². The molecule has 2 atom stereocenters. The second-order valence-corrected chi connectivity index (χ2v) is 12.2. The van der Waals surface area contributed by atoms with Gasteiger partial charge in [0.25, 0.3) is 0 Å². The zero-order chi connectivity index (χ0) is 31.8. The molecule has 0 bridgehead atoms. The lowest BCUT2D eigenvalue weighted by molar-refractivity contribution is -0.134. The Kier molecular flexibility index (Phi) is 8.42. The minimum atomic E-state index is -1.24. The summed E-state index contributed by atoms with van der Waals surface area (Å²) < 4.78 is 7.52. The Morgan fingerprint density at radius 2 is 1.98 bits per heavy atom. The van der Waals surface area contributed by atoms with Crippen molar-refractivity contribution >= 4 is 52.1 Å². The lowest BCUT2D eigenvalue weighted by Crippen LogP contribution is -2.61. The number of aromatic nitrogens is 4. The molecule has 2 unspecified atom stereocenters. The van der Waals surface area contributed by atoms with Gasteiger partial charge >= 0.3 is 6.09 Å². The van der Waals surface area contributed by atoms with Crippen molar-refractivity contribution in [3.8, 4) is 17.0 Å². The van der Waals surface area contributed by atoms with E-state index in [0.29, 0.717) is 53.4 Å². The molecule has 4 aromatic rings. The van der Waals surface area contributed by atoms with Crippen LogP contribution in [0.15, 0.2) is 48.9 Å². The number of ether oxygens (including phenoxy) is 1. The number of anilines is 4. The second kappa shape index (κ2) is 12.1. The Balaban J connectivity index is 1.43. The Bertz CT molecular complexity index is 1700. The Morgan fingerprint density at radius 1 is 1.20 bits per heavy atom. The zero-order valence-corrected chi connectivity index (χ0v) is 26.0. The quantitative estimate of drug-likeness (QED) is 0.216. The fraction of sp³-hybridized carbons (Fsp3) is 0.367. The number of carbonyl (C=O) groups is 2. The van der Waals surface area contributed by atoms with Gasteiger partial charge in [0.15, 0.2) is 0 Å². The van der Waals surface area contributed by atoms with E-state index in [1.54, 1.807) is 35.7 Å². The Morgan fingerprint density at radius 3 is 2.68 bits per heavy atom. The zero-order valence-electron chi connectivity index (χ0n) is 25.2. The van der Waals surface area contributed by atoms with Crippen LogP contribution in [-0.4, -0.2) is 80.4 Å². The van der Waals surface area contributed by atoms with Gasteiger partial charge in [0, 0.05) is 37.5 Å². The topological polar surface area (TPSA) is 163 Å². The molecule has 1 aromatic carbocycles. The summed E-state index contributed by atoms with van der Waals surface area (Å²) in [6.45, 7) is 9.15. The van der Waals surface area contributed by atoms with E-state index in [0.717, 1.165) is 16.8 Å². The van der Waals surface area contributed by atoms with Gasteiger partial charge in [-0.05, 0) is 30.5 Å². The number of piperazine rings is 1. The van der Waals surface area contributed by atoms with E-state index < -0.39 is 12.1 Å². The van der Waals surface area contributed by atoms with Crippen LogP contribution in [0.5, 0.6) is 5.75 Å². The third-order valence-electron chi connectivity index (χ3n) is 7.73. The van der Waals surface area contributed by atoms with Crippen LogP contribution in [0.3, 0.4) is 0 Å². The molecule has 3 aromatic heterocycles. The van der Waals surface area contributed by atoms with E-state index in [4.69, 9.17) is 27.2 Å². The van der Waals surface area contributed by atoms with Crippen LogP contribution in [-0.2, 0) is 4.79 Å². The highest BCUT2D eigenvalue weighted by atomic mass is 35.5. The van der Waals surface area contributed by atoms with Crippen molar-refractivity contribution in [2.45, 2.75) is 39.8 Å². The van der Waals surface area contributed by atoms with Gasteiger partial charge in [0.05, 0.1) is 58.8 Å². The number of hydrogen-bond acceptors (Lipinski definition) is 9. The fourth-order valence-electron chi connectivity index (χ4n) is 5.49. The third-order valence-corrected chi connectivity index (χ3v) is 8.01. The molecule has 44 heavy (non-hydrogen) atoms. The summed E-state index contributed by atoms with van der Waals surface area (Å²) in [4.78, 5) is 37.1. The number of nitrogens with two attached hydrogens (primary N) is 1. The van der Waals surface area contributed by atoms with E-state index in [1.807, 2.05) is 30.5 Å². The minimum absolute atomic E-state index is 0.115. The van der Waals surface area contributed by atoms with Gasteiger partial charge in [0.1, 0.15) is 11.8 Å². The van der Waals surface area contributed by atoms with Crippen molar-refractivity contribution in [1.82, 2.24) is 29.8 Å². The molecular formula is C30H36ClN9O4. The maximum atomic E-state index is 13.0. The number of amides is 2. The highest BCUT2D eigenvalue weighted by Gasteiger charge is 2.39. The molecule has 14 heteroatoms. The maximum Gasteiger partial charge on any atom is 0.405 e. The molecule has 0 saturated carbocycles. The van der Waals surface area contributed by atoms with Crippen molar-refractivity contribution < 1.29 is 19.4 Å². The number of nitrogen functional groups attached to an aromatic ring is 1. The van der Waals surface area contributed by atoms with E-state index in [-0.39, 0.29) is 17.4 Å². The lowest BCUT2D eigenvalue weighted by atomic mass is 9.83. The van der Waals surface area contributed by atoms with Crippen molar-refractivity contribution in [2.75, 3.05) is 42.7 Å². The lowest BCUT2D eigenvalue weighted by Gasteiger charge is -2.49. The number of methoxy groups -OCH3 is 1. The first-order valence-electron chi connectivity index (χ1n) is 14.1. The average Bonchev–Trinajstić information content (AvgIpc) is 3.41. The summed E-state index contributed by atoms with van der Waals surface area (Å²) in [7, 11) is 1.57. The van der Waals surface area contributed by atoms with E-state index in [1.165, 1.54) is 6.20 Å². The summed E-state index contributed by atoms with van der Waals surface area (Å²) in [6.07, 6.45) is 3.86. The number of nitrogens with zero attached hydrogens (tertiary/aromatic N) is 6. The van der Waals surface area contributed by atoms with Crippen LogP contribution in [0, 0.1) is 5.41 Å². The first-order valence-corrected chi connectivity index (χ1v) is 14.5. The first kappa shape index (κ1) is 30.7. The number of pyridine rings is 1. The number of halogens is 1. The number of carbonyl (C=O) groups excluding carboxylic acids is 1. The van der Waals surface area contributed by atoms with Gasteiger partial charge in [-0.1, -0.05) is 38.4 Å². The van der Waals surface area contributed by atoms with E-state index >= 15 is 0 Å². The molecular weight excluding hydrogens is 586 g/mol. The first-order chi connectivity index (χ1) is 20.9. The predicted molar refractivity (Wildman–Crippen MR) is 170 cm³/mol. The summed E-state index contributed by atoms with van der Waals surface area (Å²) in [5.41, 5.74) is 10.4. The standard InChI is InChI=1S/C30H36ClN9O4/c1-17(35-29(42)43)27(41)38-10-11-39(25(16-38)30(2,3)4)23-13-24(44-5)21(12-20(23)32)36-28-33-15-19(31)26(37-28)18-14-34-40-9-7-6-8-22(18)40/h6-9,12-15,17,25,35H,10-11,16,32H2,1-5H3,(H,42,43)(H,33,36,37). The number of fused-ring (bicyclic) bond motifs is 1. The van der Waals surface area contributed by atoms with Crippen LogP contribution in [0.2, 0.25) is 5.02 Å². The van der Waals surface area contributed by atoms with Crippen molar-refractivity contribution in [2.24, 2.45) is 5.41 Å². The molecule has 0 spiro atoms. The number of benzene rings is 1. The third kappa shape index (κ3) is 6.13. The summed E-state index contributed by atoms with van der Waals surface area (Å²) in [5.74, 6) is 0.558. The van der Waals surface area contributed by atoms with Crippen molar-refractivity contribution in [1.29, 1.82) is 0 Å². The minimum Gasteiger partial charge on any atom is -0.494 e. The number of carboxylic acid groups (broad SMARTS) is 1. The highest BCUT2D eigenvalue weighted by Crippen LogP contribution is 2.41. The van der Waals surface area contributed by atoms with Crippen LogP contribution in [0.1, 0.15) is 27.7 Å². The van der Waals surface area contributed by atoms with Gasteiger partial charge in [-0.25, -0.2) is 19.3 Å². The Hall–Kier alpha value is -4.78. The van der Waals surface area contributed by atoms with E-state index in [2.05, 4.69) is 51.4 Å². The summed E-state index contributed by atoms with van der Waals surface area (Å²) >= 11 is 6.51. The normalized spacial score (nSPS) is 16.1. The largest absolute Gasteiger partial charge is 0.494 e. The van der Waals surface area contributed by atoms with E-state index in [9.17, 15) is 9.59 Å². The summed E-state index contributed by atoms with van der Waals surface area (Å²) in [6, 6.07) is 8.42.